The van der Waals surface area contributed by atoms with Crippen LogP contribution in [-0.2, 0) is 22.8 Å². The van der Waals surface area contributed by atoms with Gasteiger partial charge in [0.25, 0.3) is 0 Å². The van der Waals surface area contributed by atoms with Gasteiger partial charge in [0.2, 0.25) is 0 Å². The van der Waals surface area contributed by atoms with E-state index in [9.17, 15) is 4.79 Å². The minimum atomic E-state index is -2.50. The lowest BCUT2D eigenvalue weighted by molar-refractivity contribution is -0.142. The highest BCUT2D eigenvalue weighted by atomic mass is 28.4. The molecule has 0 spiro atoms. The van der Waals surface area contributed by atoms with Gasteiger partial charge in [-0.2, -0.15) is 0 Å². The smallest absolute Gasteiger partial charge is 0.460 e. The van der Waals surface area contributed by atoms with Gasteiger partial charge in [0.15, 0.2) is 0 Å². The van der Waals surface area contributed by atoms with Crippen LogP contribution in [0.2, 0.25) is 6.04 Å². The minimum Gasteiger partial charge on any atom is -0.460 e. The number of esters is 1. The van der Waals surface area contributed by atoms with Crippen LogP contribution in [0.1, 0.15) is 53.4 Å². The minimum absolute atomic E-state index is 0.0711. The predicted octanol–water partition coefficient (Wildman–Crippen LogP) is 3.71. The maximum absolute atomic E-state index is 11.1. The van der Waals surface area contributed by atoms with Crippen LogP contribution in [0.15, 0.2) is 12.7 Å². The van der Waals surface area contributed by atoms with Crippen molar-refractivity contribution in [3.63, 3.8) is 0 Å². The molecule has 0 saturated heterocycles. The van der Waals surface area contributed by atoms with Crippen molar-refractivity contribution in [2.24, 2.45) is 0 Å². The zero-order valence-corrected chi connectivity index (χ0v) is 15.6. The topological polar surface area (TPSA) is 54.0 Å². The lowest BCUT2D eigenvalue weighted by Crippen LogP contribution is -2.45. The second-order valence-corrected chi connectivity index (χ2v) is 7.77. The van der Waals surface area contributed by atoms with E-state index in [0.717, 1.165) is 31.7 Å². The van der Waals surface area contributed by atoms with Crippen LogP contribution < -0.4 is 0 Å². The Morgan fingerprint density at radius 2 is 1.59 bits per heavy atom. The summed E-state index contributed by atoms with van der Waals surface area (Å²) in [5, 5.41) is 0. The number of ether oxygens (including phenoxy) is 1. The van der Waals surface area contributed by atoms with E-state index in [2.05, 4.69) is 6.58 Å². The molecule has 0 rings (SSSR count). The van der Waals surface area contributed by atoms with Crippen LogP contribution in [0.4, 0.5) is 0 Å². The van der Waals surface area contributed by atoms with E-state index in [-0.39, 0.29) is 12.1 Å². The second-order valence-electron chi connectivity index (χ2n) is 5.03. The molecule has 0 aromatic heterocycles. The van der Waals surface area contributed by atoms with Crippen LogP contribution in [0.5, 0.6) is 0 Å². The summed E-state index contributed by atoms with van der Waals surface area (Å²) < 4.78 is 22.6. The average Bonchev–Trinajstić information content (AvgIpc) is 2.47. The fraction of sp³-hybridized carbons (Fsp3) is 0.812. The van der Waals surface area contributed by atoms with Crippen molar-refractivity contribution in [2.45, 2.75) is 65.5 Å². The highest BCUT2D eigenvalue weighted by molar-refractivity contribution is 6.60. The van der Waals surface area contributed by atoms with Gasteiger partial charge in [0.1, 0.15) is 0 Å². The first-order chi connectivity index (χ1) is 10.5. The molecule has 1 atom stereocenters. The molecule has 0 N–H and O–H groups in total. The maximum atomic E-state index is 11.1. The molecule has 0 aromatic carbocycles. The Hall–Kier alpha value is -0.693. The van der Waals surface area contributed by atoms with Crippen molar-refractivity contribution in [3.8, 4) is 0 Å². The lowest BCUT2D eigenvalue weighted by Gasteiger charge is -2.28. The molecule has 0 aromatic rings. The largest absolute Gasteiger partial charge is 0.500 e. The molecule has 0 aliphatic heterocycles. The second kappa shape index (κ2) is 12.8. The summed E-state index contributed by atoms with van der Waals surface area (Å²) in [5.74, 6) is -0.358. The highest BCUT2D eigenvalue weighted by Gasteiger charge is 2.39. The van der Waals surface area contributed by atoms with Crippen LogP contribution in [0, 0.1) is 0 Å². The van der Waals surface area contributed by atoms with Crippen LogP contribution in [0.25, 0.3) is 0 Å². The standard InChI is InChI=1S/C16H32O5Si/c1-6-16(17)21-15(5)13-11-10-12-14-22(18-7-2,19-8-3)20-9-4/h6,15H,1,7-14H2,2-5H3. The summed E-state index contributed by atoms with van der Waals surface area (Å²) in [6.45, 7) is 13.0. The Kier molecular flexibility index (Phi) is 12.4. The fourth-order valence-corrected chi connectivity index (χ4v) is 4.94. The molecule has 6 heteroatoms. The zero-order valence-electron chi connectivity index (χ0n) is 14.6. The van der Waals surface area contributed by atoms with Crippen LogP contribution >= 0.6 is 0 Å². The quantitative estimate of drug-likeness (QED) is 0.210. The Labute approximate surface area is 136 Å². The Morgan fingerprint density at radius 3 is 2.05 bits per heavy atom. The monoisotopic (exact) mass is 332 g/mol. The first-order valence-corrected chi connectivity index (χ1v) is 10.2. The molecule has 0 saturated carbocycles. The van der Waals surface area contributed by atoms with Gasteiger partial charge < -0.3 is 18.0 Å². The Bertz CT molecular complexity index is 292. The van der Waals surface area contributed by atoms with Crippen molar-refractivity contribution in [2.75, 3.05) is 19.8 Å². The molecule has 0 radical (unpaired) electrons. The molecule has 0 bridgehead atoms. The van der Waals surface area contributed by atoms with E-state index in [1.165, 1.54) is 6.08 Å². The van der Waals surface area contributed by atoms with E-state index in [1.807, 2.05) is 27.7 Å². The van der Waals surface area contributed by atoms with Gasteiger partial charge in [-0.1, -0.05) is 13.0 Å². The van der Waals surface area contributed by atoms with Gasteiger partial charge >= 0.3 is 14.8 Å². The van der Waals surface area contributed by atoms with Gasteiger partial charge in [-0.15, -0.1) is 0 Å². The average molecular weight is 333 g/mol. The molecule has 130 valence electrons. The Balaban J connectivity index is 4.06. The van der Waals surface area contributed by atoms with Crippen molar-refractivity contribution in [1.82, 2.24) is 0 Å². The van der Waals surface area contributed by atoms with E-state index >= 15 is 0 Å². The molecule has 5 nitrogen and oxygen atoms in total. The first kappa shape index (κ1) is 21.3. The van der Waals surface area contributed by atoms with E-state index < -0.39 is 8.80 Å². The third-order valence-corrected chi connectivity index (χ3v) is 6.32. The summed E-state index contributed by atoms with van der Waals surface area (Å²) in [6, 6.07) is 0.837. The van der Waals surface area contributed by atoms with Gasteiger partial charge in [-0.25, -0.2) is 4.79 Å². The molecule has 0 heterocycles. The van der Waals surface area contributed by atoms with Crippen molar-refractivity contribution in [1.29, 1.82) is 0 Å². The number of rotatable bonds is 14. The molecule has 0 aliphatic carbocycles. The van der Waals surface area contributed by atoms with E-state index in [1.54, 1.807) is 0 Å². The highest BCUT2D eigenvalue weighted by Crippen LogP contribution is 2.20. The van der Waals surface area contributed by atoms with Crippen molar-refractivity contribution < 1.29 is 22.8 Å². The molecule has 22 heavy (non-hydrogen) atoms. The fourth-order valence-electron chi connectivity index (χ4n) is 2.26. The van der Waals surface area contributed by atoms with Gasteiger partial charge in [-0.3, -0.25) is 0 Å². The van der Waals surface area contributed by atoms with E-state index in [4.69, 9.17) is 18.0 Å². The molecule has 0 aliphatic rings. The number of unbranched alkanes of at least 4 members (excludes halogenated alkanes) is 2. The summed E-state index contributed by atoms with van der Waals surface area (Å²) in [4.78, 5) is 11.1. The van der Waals surface area contributed by atoms with E-state index in [0.29, 0.717) is 19.8 Å². The first-order valence-electron chi connectivity index (χ1n) is 8.28. The Morgan fingerprint density at radius 1 is 1.05 bits per heavy atom. The molecule has 1 unspecified atom stereocenters. The van der Waals surface area contributed by atoms with Gasteiger partial charge in [-0.05, 0) is 47.0 Å². The number of carbonyl (C=O) groups is 1. The predicted molar refractivity (Wildman–Crippen MR) is 89.7 cm³/mol. The van der Waals surface area contributed by atoms with Crippen molar-refractivity contribution in [3.05, 3.63) is 12.7 Å². The summed E-state index contributed by atoms with van der Waals surface area (Å²) >= 11 is 0. The number of carbonyl (C=O) groups excluding carboxylic acids is 1. The van der Waals surface area contributed by atoms with Crippen molar-refractivity contribution >= 4 is 14.8 Å². The van der Waals surface area contributed by atoms with Gasteiger partial charge in [0, 0.05) is 31.9 Å². The summed E-state index contributed by atoms with van der Waals surface area (Å²) in [6.07, 6.45) is 5.01. The maximum Gasteiger partial charge on any atom is 0.500 e. The number of hydrogen-bond donors (Lipinski definition) is 0. The number of hydrogen-bond acceptors (Lipinski definition) is 5. The third-order valence-electron chi connectivity index (χ3n) is 3.17. The molecular weight excluding hydrogens is 300 g/mol. The lowest BCUT2D eigenvalue weighted by atomic mass is 10.1. The third kappa shape index (κ3) is 9.35. The van der Waals surface area contributed by atoms with Crippen LogP contribution in [0.3, 0.4) is 0 Å². The molecule has 0 amide bonds. The summed E-state index contributed by atoms with van der Waals surface area (Å²) in [5.41, 5.74) is 0. The van der Waals surface area contributed by atoms with Crippen LogP contribution in [-0.4, -0.2) is 40.7 Å². The molecule has 0 fully saturated rings. The normalized spacial score (nSPS) is 12.9. The zero-order chi connectivity index (χ0) is 16.8. The SMILES string of the molecule is C=CC(=O)OC(C)CCCCC[Si](OCC)(OCC)OCC. The van der Waals surface area contributed by atoms with Gasteiger partial charge in [0.05, 0.1) is 6.10 Å². The molecular formula is C16H32O5Si. The summed E-state index contributed by atoms with van der Waals surface area (Å²) in [7, 11) is -2.50.